The molecule has 2 heterocycles. The molecule has 0 radical (unpaired) electrons. The number of anilines is 3. The summed E-state index contributed by atoms with van der Waals surface area (Å²) in [6.45, 7) is 3.94. The van der Waals surface area contributed by atoms with E-state index in [1.165, 1.54) is 0 Å². The van der Waals surface area contributed by atoms with Crippen LogP contribution in [0.2, 0.25) is 0 Å². The second-order valence-corrected chi connectivity index (χ2v) is 3.73. The summed E-state index contributed by atoms with van der Waals surface area (Å²) < 4.78 is 0. The maximum Gasteiger partial charge on any atom is 0.155 e. The quantitative estimate of drug-likeness (QED) is 0.805. The monoisotopic (exact) mass is 214 g/mol. The third kappa shape index (κ3) is 2.28. The normalized spacial score (nSPS) is 10.1. The Kier molecular flexibility index (Phi) is 2.72. The van der Waals surface area contributed by atoms with Crippen LogP contribution >= 0.6 is 0 Å². The summed E-state index contributed by atoms with van der Waals surface area (Å²) in [5, 5.41) is 3.11. The van der Waals surface area contributed by atoms with E-state index in [0.29, 0.717) is 11.5 Å². The van der Waals surface area contributed by atoms with Gasteiger partial charge in [0.15, 0.2) is 5.82 Å². The van der Waals surface area contributed by atoms with Crippen LogP contribution < -0.4 is 11.1 Å². The third-order valence-corrected chi connectivity index (χ3v) is 2.23. The van der Waals surface area contributed by atoms with Gasteiger partial charge in [-0.25, -0.2) is 9.97 Å². The molecule has 0 aliphatic rings. The lowest BCUT2D eigenvalue weighted by molar-refractivity contribution is 1.18. The molecular formula is C12H14N4. The second kappa shape index (κ2) is 4.18. The van der Waals surface area contributed by atoms with Crippen LogP contribution in [0.15, 0.2) is 30.5 Å². The Morgan fingerprint density at radius 2 is 2.00 bits per heavy atom. The number of nitrogens with two attached hydrogens (primary N) is 1. The van der Waals surface area contributed by atoms with Gasteiger partial charge in [0.05, 0.1) is 5.69 Å². The Balaban J connectivity index is 2.30. The van der Waals surface area contributed by atoms with Crippen molar-refractivity contribution in [1.82, 2.24) is 9.97 Å². The van der Waals surface area contributed by atoms with E-state index < -0.39 is 0 Å². The van der Waals surface area contributed by atoms with Crippen LogP contribution in [0, 0.1) is 13.8 Å². The summed E-state index contributed by atoms with van der Waals surface area (Å²) in [5.41, 5.74) is 8.50. The molecule has 4 nitrogen and oxygen atoms in total. The number of hydrogen-bond acceptors (Lipinski definition) is 4. The molecule has 0 aliphatic heterocycles. The number of aromatic nitrogens is 2. The topological polar surface area (TPSA) is 63.8 Å². The number of nitrogen functional groups attached to an aromatic ring is 1. The van der Waals surface area contributed by atoms with E-state index in [9.17, 15) is 0 Å². The van der Waals surface area contributed by atoms with Crippen LogP contribution in [0.25, 0.3) is 0 Å². The van der Waals surface area contributed by atoms with Crippen molar-refractivity contribution in [2.24, 2.45) is 0 Å². The summed E-state index contributed by atoms with van der Waals surface area (Å²) >= 11 is 0. The summed E-state index contributed by atoms with van der Waals surface area (Å²) in [7, 11) is 0. The Bertz CT molecular complexity index is 508. The van der Waals surface area contributed by atoms with Gasteiger partial charge in [0.1, 0.15) is 5.82 Å². The van der Waals surface area contributed by atoms with Crippen LogP contribution in [-0.2, 0) is 0 Å². The zero-order valence-electron chi connectivity index (χ0n) is 9.36. The van der Waals surface area contributed by atoms with Gasteiger partial charge in [-0.3, -0.25) is 0 Å². The molecule has 4 heteroatoms. The van der Waals surface area contributed by atoms with Gasteiger partial charge in [-0.2, -0.15) is 0 Å². The predicted molar refractivity (Wildman–Crippen MR) is 65.6 cm³/mol. The number of nitrogens with zero attached hydrogens (tertiary/aromatic N) is 2. The average Bonchev–Trinajstić information content (AvgIpc) is 2.24. The molecular weight excluding hydrogens is 200 g/mol. The lowest BCUT2D eigenvalue weighted by atomic mass is 10.3. The molecule has 0 aliphatic carbocycles. The van der Waals surface area contributed by atoms with Crippen LogP contribution in [-0.4, -0.2) is 9.97 Å². The maximum absolute atomic E-state index is 5.82. The molecule has 2 aromatic rings. The lowest BCUT2D eigenvalue weighted by Gasteiger charge is -2.08. The van der Waals surface area contributed by atoms with Crippen molar-refractivity contribution in [2.75, 3.05) is 11.1 Å². The van der Waals surface area contributed by atoms with Crippen molar-refractivity contribution in [2.45, 2.75) is 13.8 Å². The highest BCUT2D eigenvalue weighted by atomic mass is 15.1. The van der Waals surface area contributed by atoms with E-state index >= 15 is 0 Å². The molecule has 0 saturated heterocycles. The van der Waals surface area contributed by atoms with Gasteiger partial charge < -0.3 is 11.1 Å². The van der Waals surface area contributed by atoms with E-state index in [2.05, 4.69) is 15.3 Å². The molecule has 0 aromatic carbocycles. The first kappa shape index (κ1) is 10.4. The SMILES string of the molecule is Cc1ccnc(Nc2nc(C)ccc2N)c1. The molecule has 2 rings (SSSR count). The predicted octanol–water partition coefficient (Wildman–Crippen LogP) is 2.42. The van der Waals surface area contributed by atoms with Gasteiger partial charge in [-0.05, 0) is 43.7 Å². The third-order valence-electron chi connectivity index (χ3n) is 2.23. The van der Waals surface area contributed by atoms with Crippen molar-refractivity contribution in [3.63, 3.8) is 0 Å². The molecule has 16 heavy (non-hydrogen) atoms. The zero-order chi connectivity index (χ0) is 11.5. The number of nitrogens with one attached hydrogen (secondary N) is 1. The molecule has 0 spiro atoms. The number of hydrogen-bond donors (Lipinski definition) is 2. The van der Waals surface area contributed by atoms with Crippen molar-refractivity contribution >= 4 is 17.3 Å². The number of rotatable bonds is 2. The van der Waals surface area contributed by atoms with Crippen molar-refractivity contribution in [3.8, 4) is 0 Å². The fraction of sp³-hybridized carbons (Fsp3) is 0.167. The highest BCUT2D eigenvalue weighted by Crippen LogP contribution is 2.19. The first-order valence-electron chi connectivity index (χ1n) is 5.08. The first-order valence-corrected chi connectivity index (χ1v) is 5.08. The second-order valence-electron chi connectivity index (χ2n) is 3.73. The molecule has 0 atom stereocenters. The summed E-state index contributed by atoms with van der Waals surface area (Å²) in [5.74, 6) is 1.41. The minimum atomic E-state index is 0.619. The summed E-state index contributed by atoms with van der Waals surface area (Å²) in [6.07, 6.45) is 1.75. The van der Waals surface area contributed by atoms with E-state index in [-0.39, 0.29) is 0 Å². The molecule has 3 N–H and O–H groups in total. The van der Waals surface area contributed by atoms with Gasteiger partial charge in [0.25, 0.3) is 0 Å². The van der Waals surface area contributed by atoms with E-state index in [4.69, 9.17) is 5.73 Å². The Morgan fingerprint density at radius 3 is 2.75 bits per heavy atom. The Labute approximate surface area is 94.5 Å². The van der Waals surface area contributed by atoms with Crippen molar-refractivity contribution < 1.29 is 0 Å². The van der Waals surface area contributed by atoms with E-state index in [1.807, 2.05) is 38.1 Å². The maximum atomic E-state index is 5.82. The summed E-state index contributed by atoms with van der Waals surface area (Å²) in [4.78, 5) is 8.52. The highest BCUT2D eigenvalue weighted by Gasteiger charge is 2.02. The lowest BCUT2D eigenvalue weighted by Crippen LogP contribution is -2.01. The molecule has 82 valence electrons. The molecule has 0 saturated carbocycles. The smallest absolute Gasteiger partial charge is 0.155 e. The van der Waals surface area contributed by atoms with Crippen LogP contribution in [0.5, 0.6) is 0 Å². The molecule has 2 aromatic heterocycles. The van der Waals surface area contributed by atoms with Gasteiger partial charge >= 0.3 is 0 Å². The van der Waals surface area contributed by atoms with Crippen molar-refractivity contribution in [3.05, 3.63) is 41.7 Å². The standard InChI is InChI=1S/C12H14N4/c1-8-5-6-14-11(7-8)16-12-10(13)4-3-9(2)15-12/h3-7H,13H2,1-2H3,(H,14,15,16). The van der Waals surface area contributed by atoms with Crippen LogP contribution in [0.3, 0.4) is 0 Å². The molecule has 0 unspecified atom stereocenters. The zero-order valence-corrected chi connectivity index (χ0v) is 9.36. The van der Waals surface area contributed by atoms with Crippen LogP contribution in [0.1, 0.15) is 11.3 Å². The largest absolute Gasteiger partial charge is 0.396 e. The minimum Gasteiger partial charge on any atom is -0.396 e. The molecule has 0 fully saturated rings. The number of pyridine rings is 2. The average molecular weight is 214 g/mol. The van der Waals surface area contributed by atoms with Crippen molar-refractivity contribution in [1.29, 1.82) is 0 Å². The Morgan fingerprint density at radius 1 is 1.19 bits per heavy atom. The highest BCUT2D eigenvalue weighted by molar-refractivity contribution is 5.67. The fourth-order valence-electron chi connectivity index (χ4n) is 1.39. The summed E-state index contributed by atoms with van der Waals surface area (Å²) in [6, 6.07) is 7.60. The van der Waals surface area contributed by atoms with E-state index in [0.717, 1.165) is 17.1 Å². The first-order chi connectivity index (χ1) is 7.65. The van der Waals surface area contributed by atoms with Gasteiger partial charge in [-0.15, -0.1) is 0 Å². The van der Waals surface area contributed by atoms with E-state index in [1.54, 1.807) is 6.20 Å². The van der Waals surface area contributed by atoms with Gasteiger partial charge in [-0.1, -0.05) is 0 Å². The van der Waals surface area contributed by atoms with Gasteiger partial charge in [0.2, 0.25) is 0 Å². The Hall–Kier alpha value is -2.10. The number of aryl methyl sites for hydroxylation is 2. The molecule has 0 bridgehead atoms. The fourth-order valence-corrected chi connectivity index (χ4v) is 1.39. The van der Waals surface area contributed by atoms with Crippen LogP contribution in [0.4, 0.5) is 17.3 Å². The molecule has 0 amide bonds. The minimum absolute atomic E-state index is 0.619. The van der Waals surface area contributed by atoms with Gasteiger partial charge in [0, 0.05) is 11.9 Å².